The highest BCUT2D eigenvalue weighted by molar-refractivity contribution is 5.88. The van der Waals surface area contributed by atoms with Crippen molar-refractivity contribution in [3.05, 3.63) is 0 Å². The van der Waals surface area contributed by atoms with Crippen LogP contribution in [0.1, 0.15) is 6.42 Å². The lowest BCUT2D eigenvalue weighted by molar-refractivity contribution is -0.139. The SMILES string of the molecule is NC(=O)C1CC1C(=O)O. The van der Waals surface area contributed by atoms with Crippen molar-refractivity contribution in [2.45, 2.75) is 6.42 Å². The molecule has 4 heteroatoms. The Labute approximate surface area is 51.7 Å². The van der Waals surface area contributed by atoms with Gasteiger partial charge in [-0.3, -0.25) is 9.59 Å². The van der Waals surface area contributed by atoms with E-state index in [2.05, 4.69) is 0 Å². The molecule has 50 valence electrons. The van der Waals surface area contributed by atoms with Crippen LogP contribution in [0.5, 0.6) is 0 Å². The molecule has 1 rings (SSSR count). The molecule has 0 bridgehead atoms. The first kappa shape index (κ1) is 6.07. The molecule has 2 unspecified atom stereocenters. The summed E-state index contributed by atoms with van der Waals surface area (Å²) < 4.78 is 0. The minimum Gasteiger partial charge on any atom is -0.481 e. The maximum atomic E-state index is 10.2. The summed E-state index contributed by atoms with van der Waals surface area (Å²) in [4.78, 5) is 20.3. The molecule has 0 aromatic rings. The van der Waals surface area contributed by atoms with E-state index < -0.39 is 23.7 Å². The zero-order chi connectivity index (χ0) is 7.02. The lowest BCUT2D eigenvalue weighted by Gasteiger charge is -1.85. The van der Waals surface area contributed by atoms with Crippen LogP contribution in [0.4, 0.5) is 0 Å². The topological polar surface area (TPSA) is 80.4 Å². The molecule has 0 heterocycles. The van der Waals surface area contributed by atoms with Gasteiger partial charge in [0.2, 0.25) is 5.91 Å². The zero-order valence-corrected chi connectivity index (χ0v) is 4.70. The van der Waals surface area contributed by atoms with Gasteiger partial charge in [0, 0.05) is 0 Å². The molecular formula is C5H7NO3. The summed E-state index contributed by atoms with van der Waals surface area (Å²) in [5, 5.41) is 8.26. The number of rotatable bonds is 2. The van der Waals surface area contributed by atoms with Crippen molar-refractivity contribution >= 4 is 11.9 Å². The van der Waals surface area contributed by atoms with Crippen molar-refractivity contribution in [1.82, 2.24) is 0 Å². The van der Waals surface area contributed by atoms with Gasteiger partial charge in [-0.15, -0.1) is 0 Å². The summed E-state index contributed by atoms with van der Waals surface area (Å²) in [5.41, 5.74) is 4.82. The number of carbonyl (C=O) groups excluding carboxylic acids is 1. The Morgan fingerprint density at radius 1 is 1.44 bits per heavy atom. The van der Waals surface area contributed by atoms with E-state index in [0.717, 1.165) is 0 Å². The Kier molecular flexibility index (Phi) is 1.16. The van der Waals surface area contributed by atoms with Crippen LogP contribution in [0.2, 0.25) is 0 Å². The van der Waals surface area contributed by atoms with E-state index in [4.69, 9.17) is 10.8 Å². The third-order valence-corrected chi connectivity index (χ3v) is 1.47. The first-order chi connectivity index (χ1) is 4.13. The second kappa shape index (κ2) is 1.72. The van der Waals surface area contributed by atoms with Crippen LogP contribution in [0.25, 0.3) is 0 Å². The molecule has 0 radical (unpaired) electrons. The predicted octanol–water partition coefficient (Wildman–Crippen LogP) is -0.808. The van der Waals surface area contributed by atoms with Crippen LogP contribution in [0, 0.1) is 11.8 Å². The molecule has 1 saturated carbocycles. The lowest BCUT2D eigenvalue weighted by atomic mass is 10.3. The number of aliphatic carboxylic acids is 1. The van der Waals surface area contributed by atoms with E-state index in [-0.39, 0.29) is 0 Å². The summed E-state index contributed by atoms with van der Waals surface area (Å²) in [5.74, 6) is -2.31. The van der Waals surface area contributed by atoms with Gasteiger partial charge in [-0.05, 0) is 6.42 Å². The van der Waals surface area contributed by atoms with Crippen LogP contribution in [-0.2, 0) is 9.59 Å². The summed E-state index contributed by atoms with van der Waals surface area (Å²) in [6.07, 6.45) is 0.421. The largest absolute Gasteiger partial charge is 0.481 e. The second-order valence-corrected chi connectivity index (χ2v) is 2.19. The van der Waals surface area contributed by atoms with Crippen molar-refractivity contribution in [2.75, 3.05) is 0 Å². The maximum Gasteiger partial charge on any atom is 0.307 e. The Bertz CT molecular complexity index is 148. The molecule has 2 atom stereocenters. The summed E-state index contributed by atoms with van der Waals surface area (Å²) in [6.45, 7) is 0. The molecule has 0 aromatic heterocycles. The van der Waals surface area contributed by atoms with E-state index in [1.54, 1.807) is 0 Å². The van der Waals surface area contributed by atoms with Crippen LogP contribution >= 0.6 is 0 Å². The normalized spacial score (nSPS) is 31.6. The maximum absolute atomic E-state index is 10.2. The van der Waals surface area contributed by atoms with Crippen molar-refractivity contribution in [1.29, 1.82) is 0 Å². The predicted molar refractivity (Wildman–Crippen MR) is 28.4 cm³/mol. The van der Waals surface area contributed by atoms with Gasteiger partial charge in [0.05, 0.1) is 11.8 Å². The molecular weight excluding hydrogens is 122 g/mol. The van der Waals surface area contributed by atoms with Gasteiger partial charge in [-0.2, -0.15) is 0 Å². The third kappa shape index (κ3) is 1.01. The summed E-state index contributed by atoms with van der Waals surface area (Å²) in [7, 11) is 0. The molecule has 1 fully saturated rings. The fourth-order valence-corrected chi connectivity index (χ4v) is 0.782. The van der Waals surface area contributed by atoms with Crippen LogP contribution in [0.3, 0.4) is 0 Å². The number of primary amides is 1. The van der Waals surface area contributed by atoms with E-state index in [1.165, 1.54) is 0 Å². The van der Waals surface area contributed by atoms with E-state index in [9.17, 15) is 9.59 Å². The van der Waals surface area contributed by atoms with Gasteiger partial charge in [0.15, 0.2) is 0 Å². The lowest BCUT2D eigenvalue weighted by Crippen LogP contribution is -2.16. The van der Waals surface area contributed by atoms with Gasteiger partial charge in [-0.25, -0.2) is 0 Å². The van der Waals surface area contributed by atoms with E-state index in [1.807, 2.05) is 0 Å². The average molecular weight is 129 g/mol. The van der Waals surface area contributed by atoms with Gasteiger partial charge in [0.1, 0.15) is 0 Å². The Morgan fingerprint density at radius 2 is 2.00 bits per heavy atom. The molecule has 4 nitrogen and oxygen atoms in total. The number of nitrogens with two attached hydrogens (primary N) is 1. The molecule has 0 aliphatic heterocycles. The quantitative estimate of drug-likeness (QED) is 0.511. The fraction of sp³-hybridized carbons (Fsp3) is 0.600. The first-order valence-corrected chi connectivity index (χ1v) is 2.65. The highest BCUT2D eigenvalue weighted by atomic mass is 16.4. The molecule has 1 amide bonds. The Balaban J connectivity index is 2.42. The van der Waals surface area contributed by atoms with Crippen LogP contribution < -0.4 is 5.73 Å². The number of hydrogen-bond acceptors (Lipinski definition) is 2. The third-order valence-electron chi connectivity index (χ3n) is 1.47. The van der Waals surface area contributed by atoms with Gasteiger partial charge < -0.3 is 10.8 Å². The second-order valence-electron chi connectivity index (χ2n) is 2.19. The number of carboxylic acid groups (broad SMARTS) is 1. The highest BCUT2D eigenvalue weighted by Crippen LogP contribution is 2.37. The molecule has 1 aliphatic carbocycles. The van der Waals surface area contributed by atoms with Crippen molar-refractivity contribution in [2.24, 2.45) is 17.6 Å². The first-order valence-electron chi connectivity index (χ1n) is 2.65. The number of carbonyl (C=O) groups is 2. The van der Waals surface area contributed by atoms with Crippen molar-refractivity contribution in [3.8, 4) is 0 Å². The Hall–Kier alpha value is -1.06. The Morgan fingerprint density at radius 3 is 2.11 bits per heavy atom. The summed E-state index contributed by atoms with van der Waals surface area (Å²) in [6, 6.07) is 0. The standard InChI is InChI=1S/C5H7NO3/c6-4(7)2-1-3(2)5(8)9/h2-3H,1H2,(H2,6,7)(H,8,9). The molecule has 1 aliphatic rings. The average Bonchev–Trinajstić information content (AvgIpc) is 2.39. The number of amides is 1. The monoisotopic (exact) mass is 129 g/mol. The van der Waals surface area contributed by atoms with E-state index in [0.29, 0.717) is 6.42 Å². The number of carboxylic acids is 1. The van der Waals surface area contributed by atoms with Crippen molar-refractivity contribution < 1.29 is 14.7 Å². The molecule has 3 N–H and O–H groups in total. The molecule has 0 spiro atoms. The summed E-state index contributed by atoms with van der Waals surface area (Å²) >= 11 is 0. The smallest absolute Gasteiger partial charge is 0.307 e. The highest BCUT2D eigenvalue weighted by Gasteiger charge is 2.47. The zero-order valence-electron chi connectivity index (χ0n) is 4.70. The van der Waals surface area contributed by atoms with Gasteiger partial charge >= 0.3 is 5.97 Å². The van der Waals surface area contributed by atoms with Gasteiger partial charge in [-0.1, -0.05) is 0 Å². The fourth-order valence-electron chi connectivity index (χ4n) is 0.782. The van der Waals surface area contributed by atoms with E-state index >= 15 is 0 Å². The van der Waals surface area contributed by atoms with Crippen LogP contribution in [0.15, 0.2) is 0 Å². The number of hydrogen-bond donors (Lipinski definition) is 2. The van der Waals surface area contributed by atoms with Crippen molar-refractivity contribution in [3.63, 3.8) is 0 Å². The van der Waals surface area contributed by atoms with Crippen LogP contribution in [-0.4, -0.2) is 17.0 Å². The molecule has 0 aromatic carbocycles. The molecule has 9 heavy (non-hydrogen) atoms. The molecule has 0 saturated heterocycles. The van der Waals surface area contributed by atoms with Gasteiger partial charge in [0.25, 0.3) is 0 Å². The minimum absolute atomic E-state index is 0.400. The minimum atomic E-state index is -0.918.